The van der Waals surface area contributed by atoms with Crippen LogP contribution in [0.1, 0.15) is 81.0 Å². The number of rotatable bonds is 3. The molecule has 3 heteroatoms. The highest BCUT2D eigenvalue weighted by molar-refractivity contribution is 5.60. The molecule has 0 amide bonds. The van der Waals surface area contributed by atoms with Crippen LogP contribution in [0.15, 0.2) is 42.0 Å². The van der Waals surface area contributed by atoms with Crippen molar-refractivity contribution >= 4 is 5.69 Å². The third-order valence-corrected chi connectivity index (χ3v) is 6.21. The molecule has 0 aromatic heterocycles. The van der Waals surface area contributed by atoms with E-state index < -0.39 is 0 Å². The summed E-state index contributed by atoms with van der Waals surface area (Å²) in [7, 11) is 0. The van der Waals surface area contributed by atoms with Gasteiger partial charge in [-0.1, -0.05) is 37.6 Å². The van der Waals surface area contributed by atoms with Gasteiger partial charge in [0.15, 0.2) is 6.73 Å². The zero-order valence-corrected chi connectivity index (χ0v) is 19.5. The molecule has 0 bridgehead atoms. The number of aryl methyl sites for hydroxylation is 1. The Kier molecular flexibility index (Phi) is 7.33. The Bertz CT molecular complexity index is 980. The number of fused-ring (bicyclic) bond motifs is 1. The van der Waals surface area contributed by atoms with E-state index in [9.17, 15) is 5.11 Å². The van der Waals surface area contributed by atoms with Gasteiger partial charge in [0.2, 0.25) is 0 Å². The molecule has 1 aliphatic carbocycles. The van der Waals surface area contributed by atoms with Crippen molar-refractivity contribution in [1.29, 1.82) is 0 Å². The summed E-state index contributed by atoms with van der Waals surface area (Å²) in [6.45, 7) is 11.7. The topological polar surface area (TPSA) is 32.7 Å². The normalized spacial score (nSPS) is 17.6. The molecular formula is C28H35NO2. The van der Waals surface area contributed by atoms with Crippen LogP contribution in [0.2, 0.25) is 0 Å². The lowest BCUT2D eigenvalue weighted by molar-refractivity contribution is 0.281. The predicted molar refractivity (Wildman–Crippen MR) is 130 cm³/mol. The fraction of sp³-hybridized carbons (Fsp3) is 0.429. The van der Waals surface area contributed by atoms with Gasteiger partial charge in [0.1, 0.15) is 11.5 Å². The number of hydrogen-bond donors (Lipinski definition) is 1. The van der Waals surface area contributed by atoms with Gasteiger partial charge in [-0.25, -0.2) is 0 Å². The Labute approximate surface area is 187 Å². The third-order valence-electron chi connectivity index (χ3n) is 6.21. The lowest BCUT2D eigenvalue weighted by Gasteiger charge is -2.35. The van der Waals surface area contributed by atoms with Crippen molar-refractivity contribution in [3.63, 3.8) is 0 Å². The van der Waals surface area contributed by atoms with Crippen LogP contribution in [-0.4, -0.2) is 11.8 Å². The van der Waals surface area contributed by atoms with Gasteiger partial charge in [-0.15, -0.1) is 12.3 Å². The summed E-state index contributed by atoms with van der Waals surface area (Å²) >= 11 is 0. The summed E-state index contributed by atoms with van der Waals surface area (Å²) in [5.74, 6) is 4.32. The molecule has 2 aliphatic rings. The van der Waals surface area contributed by atoms with Crippen LogP contribution in [0.4, 0.5) is 5.69 Å². The molecule has 3 nitrogen and oxygen atoms in total. The summed E-state index contributed by atoms with van der Waals surface area (Å²) in [5.41, 5.74) is 7.21. The van der Waals surface area contributed by atoms with Gasteiger partial charge in [0.05, 0.1) is 6.54 Å². The minimum Gasteiger partial charge on any atom is -0.507 e. The van der Waals surface area contributed by atoms with Crippen LogP contribution in [-0.2, 0) is 6.54 Å². The molecule has 0 saturated carbocycles. The molecule has 1 atom stereocenters. The molecule has 4 rings (SSSR count). The molecular weight excluding hydrogens is 382 g/mol. The number of anilines is 1. The summed E-state index contributed by atoms with van der Waals surface area (Å²) in [6.07, 6.45) is 10.3. The minimum atomic E-state index is 0.250. The number of allylic oxidation sites excluding steroid dienone is 2. The van der Waals surface area contributed by atoms with Gasteiger partial charge in [-0.05, 0) is 75.3 Å². The first-order valence-electron chi connectivity index (χ1n) is 11.2. The van der Waals surface area contributed by atoms with Gasteiger partial charge in [-0.3, -0.25) is 0 Å². The standard InChI is InChI=1S/C25H31NO2.C3H4/c1-16(2)19-8-10-21(11-9-19)26-14-22-18(4)13-23(27)24(25(22)28-15-26)20-7-5-6-17(3)12-20;1-3-2/h8-13,16,20,27H,5-7,14-15H2,1-4H3;1H,2H3. The van der Waals surface area contributed by atoms with E-state index in [1.54, 1.807) is 6.92 Å². The molecule has 1 aliphatic heterocycles. The number of phenols is 1. The zero-order valence-electron chi connectivity index (χ0n) is 19.5. The third kappa shape index (κ3) is 5.07. The molecule has 0 spiro atoms. The SMILES string of the molecule is C#CC.CC1=CC(c2c(O)cc(C)c3c2OCN(c2ccc(C(C)C)cc2)C3)CCC1. The number of ether oxygens (including phenoxy) is 1. The largest absolute Gasteiger partial charge is 0.507 e. The quantitative estimate of drug-likeness (QED) is 0.430. The number of terminal acetylenes is 1. The van der Waals surface area contributed by atoms with Crippen LogP contribution < -0.4 is 9.64 Å². The molecule has 0 saturated heterocycles. The average molecular weight is 418 g/mol. The minimum absolute atomic E-state index is 0.250. The number of phenolic OH excluding ortho intramolecular Hbond substituents is 1. The lowest BCUT2D eigenvalue weighted by atomic mass is 9.83. The Morgan fingerprint density at radius 3 is 2.48 bits per heavy atom. The van der Waals surface area contributed by atoms with Crippen molar-refractivity contribution in [2.75, 3.05) is 11.6 Å². The van der Waals surface area contributed by atoms with E-state index in [-0.39, 0.29) is 5.92 Å². The maximum Gasteiger partial charge on any atom is 0.161 e. The van der Waals surface area contributed by atoms with Gasteiger partial charge < -0.3 is 14.7 Å². The first-order chi connectivity index (χ1) is 14.8. The first-order valence-corrected chi connectivity index (χ1v) is 11.2. The number of nitrogens with zero attached hydrogens (tertiary/aromatic N) is 1. The van der Waals surface area contributed by atoms with E-state index in [2.05, 4.69) is 75.3 Å². The van der Waals surface area contributed by atoms with Crippen LogP contribution in [0.25, 0.3) is 0 Å². The first kappa shape index (κ1) is 22.8. The van der Waals surface area contributed by atoms with E-state index in [1.807, 2.05) is 6.07 Å². The molecule has 164 valence electrons. The van der Waals surface area contributed by atoms with Crippen molar-refractivity contribution in [3.8, 4) is 23.8 Å². The molecule has 31 heavy (non-hydrogen) atoms. The van der Waals surface area contributed by atoms with E-state index in [0.29, 0.717) is 18.4 Å². The second-order valence-corrected chi connectivity index (χ2v) is 8.95. The highest BCUT2D eigenvalue weighted by atomic mass is 16.5. The molecule has 0 radical (unpaired) electrons. The van der Waals surface area contributed by atoms with Crippen LogP contribution in [0.5, 0.6) is 11.5 Å². The zero-order chi connectivity index (χ0) is 22.5. The van der Waals surface area contributed by atoms with Crippen molar-refractivity contribution in [2.45, 2.75) is 72.3 Å². The second-order valence-electron chi connectivity index (χ2n) is 8.95. The van der Waals surface area contributed by atoms with E-state index >= 15 is 0 Å². The van der Waals surface area contributed by atoms with Gasteiger partial charge in [-0.2, -0.15) is 0 Å². The summed E-state index contributed by atoms with van der Waals surface area (Å²) < 4.78 is 6.29. The van der Waals surface area contributed by atoms with Crippen molar-refractivity contribution in [1.82, 2.24) is 0 Å². The predicted octanol–water partition coefficient (Wildman–Crippen LogP) is 7.03. The highest BCUT2D eigenvalue weighted by Crippen LogP contribution is 2.46. The Balaban J connectivity index is 0.000000858. The monoisotopic (exact) mass is 417 g/mol. The molecule has 0 fully saturated rings. The number of benzene rings is 2. The molecule has 2 aromatic carbocycles. The van der Waals surface area contributed by atoms with Gasteiger partial charge in [0.25, 0.3) is 0 Å². The average Bonchev–Trinajstić information content (AvgIpc) is 2.74. The maximum atomic E-state index is 10.7. The fourth-order valence-electron chi connectivity index (χ4n) is 4.50. The molecule has 1 unspecified atom stereocenters. The smallest absolute Gasteiger partial charge is 0.161 e. The highest BCUT2D eigenvalue weighted by Gasteiger charge is 2.29. The van der Waals surface area contributed by atoms with Crippen molar-refractivity contribution in [3.05, 3.63) is 64.2 Å². The lowest BCUT2D eigenvalue weighted by Crippen LogP contribution is -2.33. The van der Waals surface area contributed by atoms with Gasteiger partial charge >= 0.3 is 0 Å². The molecule has 1 N–H and O–H groups in total. The van der Waals surface area contributed by atoms with E-state index in [1.165, 1.54) is 28.8 Å². The Morgan fingerprint density at radius 1 is 1.19 bits per heavy atom. The fourth-order valence-corrected chi connectivity index (χ4v) is 4.50. The number of aromatic hydroxyl groups is 1. The number of hydrogen-bond acceptors (Lipinski definition) is 3. The summed E-state index contributed by atoms with van der Waals surface area (Å²) in [6, 6.07) is 10.7. The van der Waals surface area contributed by atoms with Crippen LogP contribution >= 0.6 is 0 Å². The van der Waals surface area contributed by atoms with Crippen LogP contribution in [0, 0.1) is 19.3 Å². The summed E-state index contributed by atoms with van der Waals surface area (Å²) in [5, 5.41) is 10.7. The summed E-state index contributed by atoms with van der Waals surface area (Å²) in [4.78, 5) is 2.27. The maximum absolute atomic E-state index is 10.7. The van der Waals surface area contributed by atoms with Gasteiger partial charge in [0, 0.05) is 22.7 Å². The molecule has 1 heterocycles. The Morgan fingerprint density at radius 2 is 1.87 bits per heavy atom. The molecule has 2 aromatic rings. The van der Waals surface area contributed by atoms with Crippen LogP contribution in [0.3, 0.4) is 0 Å². The van der Waals surface area contributed by atoms with Crippen molar-refractivity contribution < 1.29 is 9.84 Å². The second kappa shape index (κ2) is 9.96. The van der Waals surface area contributed by atoms with E-state index in [0.717, 1.165) is 36.3 Å². The van der Waals surface area contributed by atoms with Crippen molar-refractivity contribution in [2.24, 2.45) is 0 Å². The van der Waals surface area contributed by atoms with E-state index in [4.69, 9.17) is 4.74 Å². The Hall–Kier alpha value is -2.86.